The second-order valence-electron chi connectivity index (χ2n) is 5.02. The SMILES string of the molecule is Cc1cn([C@H]2C[C@H](F)[C@@H](COCP(=O)(O)O)O2)c(=O)[nH]c1=O. The highest BCUT2D eigenvalue weighted by molar-refractivity contribution is 7.51. The summed E-state index contributed by atoms with van der Waals surface area (Å²) >= 11 is 0. The lowest BCUT2D eigenvalue weighted by Gasteiger charge is -2.16. The van der Waals surface area contributed by atoms with E-state index in [1.54, 1.807) is 0 Å². The van der Waals surface area contributed by atoms with Gasteiger partial charge >= 0.3 is 13.3 Å². The summed E-state index contributed by atoms with van der Waals surface area (Å²) < 4.78 is 35.7. The zero-order valence-electron chi connectivity index (χ0n) is 11.6. The van der Waals surface area contributed by atoms with Crippen molar-refractivity contribution in [1.29, 1.82) is 0 Å². The van der Waals surface area contributed by atoms with Crippen molar-refractivity contribution in [2.75, 3.05) is 13.0 Å². The Morgan fingerprint density at radius 2 is 2.23 bits per heavy atom. The third-order valence-electron chi connectivity index (χ3n) is 3.16. The number of rotatable bonds is 5. The topological polar surface area (TPSA) is 131 Å². The summed E-state index contributed by atoms with van der Waals surface area (Å²) in [6, 6.07) is 0. The minimum Gasteiger partial charge on any atom is -0.366 e. The summed E-state index contributed by atoms with van der Waals surface area (Å²) in [6.07, 6.45) is -3.10. The van der Waals surface area contributed by atoms with Crippen molar-refractivity contribution >= 4 is 7.60 Å². The number of halogens is 1. The van der Waals surface area contributed by atoms with Gasteiger partial charge in [0.05, 0.1) is 6.61 Å². The maximum atomic E-state index is 13.9. The molecule has 2 rings (SSSR count). The van der Waals surface area contributed by atoms with Gasteiger partial charge in [-0.3, -0.25) is 18.9 Å². The number of aryl methyl sites for hydroxylation is 1. The maximum Gasteiger partial charge on any atom is 0.350 e. The molecule has 2 heterocycles. The van der Waals surface area contributed by atoms with Gasteiger partial charge < -0.3 is 19.3 Å². The quantitative estimate of drug-likeness (QED) is 0.624. The molecule has 0 aromatic carbocycles. The second-order valence-corrected chi connectivity index (χ2v) is 6.61. The van der Waals surface area contributed by atoms with E-state index in [0.29, 0.717) is 0 Å². The van der Waals surface area contributed by atoms with Crippen LogP contribution >= 0.6 is 7.60 Å². The highest BCUT2D eigenvalue weighted by atomic mass is 31.2. The van der Waals surface area contributed by atoms with Crippen LogP contribution in [0.5, 0.6) is 0 Å². The van der Waals surface area contributed by atoms with Gasteiger partial charge in [0.15, 0.2) is 0 Å². The summed E-state index contributed by atoms with van der Waals surface area (Å²) in [5.41, 5.74) is -0.970. The van der Waals surface area contributed by atoms with E-state index in [1.807, 2.05) is 0 Å². The van der Waals surface area contributed by atoms with Gasteiger partial charge in [0.25, 0.3) is 5.56 Å². The summed E-state index contributed by atoms with van der Waals surface area (Å²) in [6.45, 7) is 1.15. The number of hydrogen-bond donors (Lipinski definition) is 3. The normalized spacial score (nSPS) is 25.5. The molecule has 1 aliphatic heterocycles. The molecule has 124 valence electrons. The molecule has 1 aromatic heterocycles. The molecule has 0 radical (unpaired) electrons. The van der Waals surface area contributed by atoms with Crippen LogP contribution < -0.4 is 11.2 Å². The van der Waals surface area contributed by atoms with Crippen LogP contribution in [0.25, 0.3) is 0 Å². The van der Waals surface area contributed by atoms with E-state index in [1.165, 1.54) is 13.1 Å². The Bertz CT molecular complexity index is 696. The molecule has 0 amide bonds. The lowest BCUT2D eigenvalue weighted by Crippen LogP contribution is -2.33. The highest BCUT2D eigenvalue weighted by Crippen LogP contribution is 2.35. The fraction of sp³-hybridized carbons (Fsp3) is 0.636. The zero-order chi connectivity index (χ0) is 16.5. The van der Waals surface area contributed by atoms with Crippen LogP contribution in [0.2, 0.25) is 0 Å². The van der Waals surface area contributed by atoms with Crippen molar-refractivity contribution in [3.63, 3.8) is 0 Å². The van der Waals surface area contributed by atoms with Gasteiger partial charge in [-0.05, 0) is 6.92 Å². The average molecular weight is 338 g/mol. The highest BCUT2D eigenvalue weighted by Gasteiger charge is 2.37. The summed E-state index contributed by atoms with van der Waals surface area (Å²) in [4.78, 5) is 42.4. The van der Waals surface area contributed by atoms with Crippen molar-refractivity contribution in [2.24, 2.45) is 0 Å². The van der Waals surface area contributed by atoms with Crippen LogP contribution in [0.15, 0.2) is 15.8 Å². The van der Waals surface area contributed by atoms with Gasteiger partial charge in [0.1, 0.15) is 24.9 Å². The Morgan fingerprint density at radius 3 is 2.86 bits per heavy atom. The van der Waals surface area contributed by atoms with Gasteiger partial charge in [-0.1, -0.05) is 0 Å². The molecule has 0 unspecified atom stereocenters. The molecule has 0 bridgehead atoms. The van der Waals surface area contributed by atoms with E-state index in [2.05, 4.69) is 4.98 Å². The molecule has 3 atom stereocenters. The van der Waals surface area contributed by atoms with Crippen LogP contribution in [-0.4, -0.2) is 44.6 Å². The number of nitrogens with zero attached hydrogens (tertiary/aromatic N) is 1. The minimum absolute atomic E-state index is 0.130. The van der Waals surface area contributed by atoms with Crippen LogP contribution in [0.3, 0.4) is 0 Å². The smallest absolute Gasteiger partial charge is 0.350 e. The predicted octanol–water partition coefficient (Wildman–Crippen LogP) is -0.378. The lowest BCUT2D eigenvalue weighted by molar-refractivity contribution is -0.0488. The van der Waals surface area contributed by atoms with Gasteiger partial charge in [-0.15, -0.1) is 0 Å². The number of hydrogen-bond acceptors (Lipinski definition) is 5. The Kier molecular flexibility index (Phi) is 4.98. The molecule has 1 aliphatic rings. The maximum absolute atomic E-state index is 13.9. The molecule has 0 spiro atoms. The van der Waals surface area contributed by atoms with E-state index in [-0.39, 0.29) is 18.6 Å². The number of aromatic amines is 1. The molecule has 1 aromatic rings. The molecule has 11 heteroatoms. The van der Waals surface area contributed by atoms with Crippen molar-refractivity contribution in [1.82, 2.24) is 9.55 Å². The van der Waals surface area contributed by atoms with Crippen LogP contribution in [0.4, 0.5) is 4.39 Å². The lowest BCUT2D eigenvalue weighted by atomic mass is 10.2. The Labute approximate surface area is 123 Å². The summed E-state index contributed by atoms with van der Waals surface area (Å²) in [5.74, 6) is 0. The first-order valence-electron chi connectivity index (χ1n) is 6.41. The molecule has 1 fully saturated rings. The van der Waals surface area contributed by atoms with Crippen molar-refractivity contribution in [3.05, 3.63) is 32.6 Å². The fourth-order valence-electron chi connectivity index (χ4n) is 2.10. The average Bonchev–Trinajstić information content (AvgIpc) is 2.74. The number of ether oxygens (including phenoxy) is 2. The molecule has 22 heavy (non-hydrogen) atoms. The van der Waals surface area contributed by atoms with Crippen molar-refractivity contribution in [3.8, 4) is 0 Å². The molecule has 9 nitrogen and oxygen atoms in total. The molecule has 1 saturated heterocycles. The van der Waals surface area contributed by atoms with Crippen LogP contribution in [0.1, 0.15) is 18.2 Å². The second kappa shape index (κ2) is 6.43. The summed E-state index contributed by atoms with van der Waals surface area (Å²) in [5, 5.41) is 0. The van der Waals surface area contributed by atoms with Crippen molar-refractivity contribution in [2.45, 2.75) is 31.8 Å². The van der Waals surface area contributed by atoms with Crippen molar-refractivity contribution < 1.29 is 28.2 Å². The number of alkyl halides is 1. The first-order valence-corrected chi connectivity index (χ1v) is 8.21. The first kappa shape index (κ1) is 17.0. The third-order valence-corrected chi connectivity index (χ3v) is 3.68. The molecule has 0 aliphatic carbocycles. The Morgan fingerprint density at radius 1 is 1.55 bits per heavy atom. The number of nitrogens with one attached hydrogen (secondary N) is 1. The van der Waals surface area contributed by atoms with Crippen LogP contribution in [0, 0.1) is 6.92 Å². The minimum atomic E-state index is -4.33. The van der Waals surface area contributed by atoms with Crippen LogP contribution in [-0.2, 0) is 14.0 Å². The van der Waals surface area contributed by atoms with E-state index < -0.39 is 43.7 Å². The Hall–Kier alpha value is -1.32. The largest absolute Gasteiger partial charge is 0.366 e. The zero-order valence-corrected chi connectivity index (χ0v) is 12.5. The molecule has 3 N–H and O–H groups in total. The van der Waals surface area contributed by atoms with Gasteiger partial charge in [-0.25, -0.2) is 9.18 Å². The summed E-state index contributed by atoms with van der Waals surface area (Å²) in [7, 11) is -4.33. The Balaban J connectivity index is 2.05. The van der Waals surface area contributed by atoms with E-state index in [4.69, 9.17) is 19.3 Å². The fourth-order valence-corrected chi connectivity index (χ4v) is 2.44. The molecular formula is C11H16FN2O7P. The van der Waals surface area contributed by atoms with E-state index >= 15 is 0 Å². The van der Waals surface area contributed by atoms with E-state index in [0.717, 1.165) is 4.57 Å². The molecular weight excluding hydrogens is 322 g/mol. The standard InChI is InChI=1S/C11H16FN2O7P/c1-6-3-14(11(16)13-10(6)15)9-2-7(12)8(21-9)4-20-5-22(17,18)19/h3,7-9H,2,4-5H2,1H3,(H,13,15,16)(H2,17,18,19)/t7-,8+,9+/m0/s1. The number of H-pyrrole nitrogens is 1. The first-order chi connectivity index (χ1) is 10.2. The molecule has 0 saturated carbocycles. The predicted molar refractivity (Wildman–Crippen MR) is 72.3 cm³/mol. The van der Waals surface area contributed by atoms with Gasteiger partial charge in [0.2, 0.25) is 0 Å². The van der Waals surface area contributed by atoms with Gasteiger partial charge in [-0.2, -0.15) is 0 Å². The van der Waals surface area contributed by atoms with Gasteiger partial charge in [0, 0.05) is 18.2 Å². The number of aromatic nitrogens is 2. The third kappa shape index (κ3) is 4.11. The monoisotopic (exact) mass is 338 g/mol. The van der Waals surface area contributed by atoms with E-state index in [9.17, 15) is 18.5 Å².